The molecule has 0 unspecified atom stereocenters. The number of hydrogen-bond donors (Lipinski definition) is 1. The summed E-state index contributed by atoms with van der Waals surface area (Å²) in [5.41, 5.74) is 1.62. The third kappa shape index (κ3) is 2.59. The zero-order valence-corrected chi connectivity index (χ0v) is 10.6. The Kier molecular flexibility index (Phi) is 3.29. The number of fused-ring (bicyclic) bond motifs is 1. The van der Waals surface area contributed by atoms with E-state index in [2.05, 4.69) is 10.3 Å². The van der Waals surface area contributed by atoms with Gasteiger partial charge in [-0.15, -0.1) is 0 Å². The highest BCUT2D eigenvalue weighted by atomic mass is 19.2. The molecule has 3 aromatic rings. The van der Waals surface area contributed by atoms with Crippen molar-refractivity contribution in [3.8, 4) is 0 Å². The fraction of sp³-hybridized carbons (Fsp3) is 0.0625. The molecule has 0 bridgehead atoms. The van der Waals surface area contributed by atoms with Crippen molar-refractivity contribution >= 4 is 16.5 Å². The molecule has 0 spiro atoms. The van der Waals surface area contributed by atoms with Gasteiger partial charge in [-0.3, -0.25) is 4.98 Å². The van der Waals surface area contributed by atoms with Gasteiger partial charge < -0.3 is 5.32 Å². The summed E-state index contributed by atoms with van der Waals surface area (Å²) in [6, 6.07) is 11.7. The minimum atomic E-state index is -0.848. The van der Waals surface area contributed by atoms with Crippen LogP contribution in [0.2, 0.25) is 0 Å². The van der Waals surface area contributed by atoms with Crippen molar-refractivity contribution in [1.29, 1.82) is 0 Å². The van der Waals surface area contributed by atoms with E-state index in [1.54, 1.807) is 6.20 Å². The van der Waals surface area contributed by atoms with Crippen LogP contribution in [0.5, 0.6) is 0 Å². The average Bonchev–Trinajstić information content (AvgIpc) is 2.48. The Hall–Kier alpha value is -2.49. The summed E-state index contributed by atoms with van der Waals surface area (Å²) in [4.78, 5) is 4.06. The Labute approximate surface area is 115 Å². The number of nitrogens with one attached hydrogen (secondary N) is 1. The normalized spacial score (nSPS) is 10.7. The Bertz CT molecular complexity index is 756. The number of benzene rings is 2. The lowest BCUT2D eigenvalue weighted by atomic mass is 10.1. The highest BCUT2D eigenvalue weighted by Gasteiger charge is 2.02. The Morgan fingerprint density at radius 3 is 2.65 bits per heavy atom. The number of pyridine rings is 1. The van der Waals surface area contributed by atoms with Crippen molar-refractivity contribution in [3.05, 3.63) is 72.1 Å². The zero-order valence-electron chi connectivity index (χ0n) is 10.6. The average molecular weight is 270 g/mol. The second-order valence-corrected chi connectivity index (χ2v) is 4.54. The van der Waals surface area contributed by atoms with Gasteiger partial charge in [0.1, 0.15) is 0 Å². The number of aromatic nitrogens is 1. The first-order valence-corrected chi connectivity index (χ1v) is 6.24. The summed E-state index contributed by atoms with van der Waals surface area (Å²) in [6.45, 7) is 0.545. The van der Waals surface area contributed by atoms with E-state index in [1.807, 2.05) is 30.5 Å². The maximum absolute atomic E-state index is 13.1. The fourth-order valence-corrected chi connectivity index (χ4v) is 2.05. The van der Waals surface area contributed by atoms with Crippen molar-refractivity contribution in [2.45, 2.75) is 6.54 Å². The highest BCUT2D eigenvalue weighted by molar-refractivity contribution is 5.82. The minimum absolute atomic E-state index is 0.545. The van der Waals surface area contributed by atoms with E-state index >= 15 is 0 Å². The zero-order chi connectivity index (χ0) is 13.9. The molecule has 0 saturated heterocycles. The third-order valence-corrected chi connectivity index (χ3v) is 3.12. The molecule has 1 aromatic heterocycles. The van der Waals surface area contributed by atoms with Crippen LogP contribution in [-0.2, 0) is 6.54 Å². The number of rotatable bonds is 3. The first-order valence-electron chi connectivity index (χ1n) is 6.24. The molecule has 2 aromatic carbocycles. The van der Waals surface area contributed by atoms with Crippen molar-refractivity contribution in [2.24, 2.45) is 0 Å². The van der Waals surface area contributed by atoms with Gasteiger partial charge in [0.25, 0.3) is 0 Å². The molecule has 1 N–H and O–H groups in total. The molecule has 0 aliphatic carbocycles. The SMILES string of the molecule is Fc1ccc(NCc2ccc3cnccc3c2)cc1F. The van der Waals surface area contributed by atoms with Crippen molar-refractivity contribution in [3.63, 3.8) is 0 Å². The van der Waals surface area contributed by atoms with E-state index in [0.29, 0.717) is 12.2 Å². The molecule has 1 heterocycles. The van der Waals surface area contributed by atoms with E-state index in [4.69, 9.17) is 0 Å². The smallest absolute Gasteiger partial charge is 0.160 e. The van der Waals surface area contributed by atoms with Crippen molar-refractivity contribution < 1.29 is 8.78 Å². The molecule has 0 saturated carbocycles. The van der Waals surface area contributed by atoms with E-state index in [1.165, 1.54) is 6.07 Å². The number of halogens is 2. The van der Waals surface area contributed by atoms with Gasteiger partial charge in [0, 0.05) is 36.1 Å². The lowest BCUT2D eigenvalue weighted by molar-refractivity contribution is 0.509. The van der Waals surface area contributed by atoms with Crippen LogP contribution in [0.4, 0.5) is 14.5 Å². The molecule has 0 atom stereocenters. The van der Waals surface area contributed by atoms with Crippen LogP contribution in [-0.4, -0.2) is 4.98 Å². The quantitative estimate of drug-likeness (QED) is 0.774. The summed E-state index contributed by atoms with van der Waals surface area (Å²) in [7, 11) is 0. The summed E-state index contributed by atoms with van der Waals surface area (Å²) >= 11 is 0. The molecule has 4 heteroatoms. The molecule has 0 fully saturated rings. The second-order valence-electron chi connectivity index (χ2n) is 4.54. The number of hydrogen-bond acceptors (Lipinski definition) is 2. The van der Waals surface area contributed by atoms with Crippen LogP contribution in [0.3, 0.4) is 0 Å². The molecule has 2 nitrogen and oxygen atoms in total. The first-order chi connectivity index (χ1) is 9.72. The molecule has 0 radical (unpaired) electrons. The summed E-state index contributed by atoms with van der Waals surface area (Å²) < 4.78 is 25.9. The lowest BCUT2D eigenvalue weighted by Crippen LogP contribution is -2.00. The Morgan fingerprint density at radius 1 is 0.900 bits per heavy atom. The van der Waals surface area contributed by atoms with Crippen LogP contribution < -0.4 is 5.32 Å². The molecule has 0 amide bonds. The van der Waals surface area contributed by atoms with Crippen LogP contribution in [0.25, 0.3) is 10.8 Å². The number of nitrogens with zero attached hydrogens (tertiary/aromatic N) is 1. The van der Waals surface area contributed by atoms with E-state index in [0.717, 1.165) is 28.5 Å². The summed E-state index contributed by atoms with van der Waals surface area (Å²) in [5, 5.41) is 5.25. The van der Waals surface area contributed by atoms with Gasteiger partial charge in [-0.1, -0.05) is 12.1 Å². The molecule has 0 aliphatic rings. The van der Waals surface area contributed by atoms with E-state index in [9.17, 15) is 8.78 Å². The maximum Gasteiger partial charge on any atom is 0.160 e. The van der Waals surface area contributed by atoms with Crippen molar-refractivity contribution in [2.75, 3.05) is 5.32 Å². The minimum Gasteiger partial charge on any atom is -0.381 e. The predicted octanol–water partition coefficient (Wildman–Crippen LogP) is 4.13. The molecular formula is C16H12F2N2. The third-order valence-electron chi connectivity index (χ3n) is 3.12. The van der Waals surface area contributed by atoms with E-state index < -0.39 is 11.6 Å². The van der Waals surface area contributed by atoms with Gasteiger partial charge in [0.15, 0.2) is 11.6 Å². The second kappa shape index (κ2) is 5.25. The van der Waals surface area contributed by atoms with Gasteiger partial charge in [-0.2, -0.15) is 0 Å². The van der Waals surface area contributed by atoms with Crippen LogP contribution in [0.1, 0.15) is 5.56 Å². The van der Waals surface area contributed by atoms with Crippen LogP contribution in [0.15, 0.2) is 54.9 Å². The van der Waals surface area contributed by atoms with Gasteiger partial charge in [0.2, 0.25) is 0 Å². The molecule has 0 aliphatic heterocycles. The van der Waals surface area contributed by atoms with Gasteiger partial charge >= 0.3 is 0 Å². The topological polar surface area (TPSA) is 24.9 Å². The standard InChI is InChI=1S/C16H12F2N2/c17-15-4-3-14(8-16(15)18)20-9-11-1-2-13-10-19-6-5-12(13)7-11/h1-8,10,20H,9H2. The molecular weight excluding hydrogens is 258 g/mol. The van der Waals surface area contributed by atoms with Crippen LogP contribution in [0, 0.1) is 11.6 Å². The first kappa shape index (κ1) is 12.5. The highest BCUT2D eigenvalue weighted by Crippen LogP contribution is 2.17. The largest absolute Gasteiger partial charge is 0.381 e. The fourth-order valence-electron chi connectivity index (χ4n) is 2.05. The Morgan fingerprint density at radius 2 is 1.80 bits per heavy atom. The molecule has 20 heavy (non-hydrogen) atoms. The lowest BCUT2D eigenvalue weighted by Gasteiger charge is -2.08. The molecule has 3 rings (SSSR count). The van der Waals surface area contributed by atoms with Crippen LogP contribution >= 0.6 is 0 Å². The monoisotopic (exact) mass is 270 g/mol. The van der Waals surface area contributed by atoms with Gasteiger partial charge in [0.05, 0.1) is 0 Å². The van der Waals surface area contributed by atoms with E-state index in [-0.39, 0.29) is 0 Å². The van der Waals surface area contributed by atoms with Gasteiger partial charge in [-0.05, 0) is 35.2 Å². The summed E-state index contributed by atoms with van der Waals surface area (Å²) in [6.07, 6.45) is 3.55. The summed E-state index contributed by atoms with van der Waals surface area (Å²) in [5.74, 6) is -1.69. The Balaban J connectivity index is 1.77. The van der Waals surface area contributed by atoms with Gasteiger partial charge in [-0.25, -0.2) is 8.78 Å². The molecule has 100 valence electrons. The maximum atomic E-state index is 13.1. The number of anilines is 1. The predicted molar refractivity (Wildman–Crippen MR) is 75.4 cm³/mol. The van der Waals surface area contributed by atoms with Crippen molar-refractivity contribution in [1.82, 2.24) is 4.98 Å².